The van der Waals surface area contributed by atoms with Crippen LogP contribution in [0.2, 0.25) is 0 Å². The van der Waals surface area contributed by atoms with E-state index < -0.39 is 0 Å². The van der Waals surface area contributed by atoms with E-state index in [1.165, 1.54) is 6.33 Å². The maximum Gasteiger partial charge on any atom is 0.183 e. The Morgan fingerprint density at radius 2 is 2.64 bits per heavy atom. The van der Waals surface area contributed by atoms with Gasteiger partial charge in [0.2, 0.25) is 0 Å². The smallest absolute Gasteiger partial charge is 0.183 e. The number of hydrogen-bond donors (Lipinski definition) is 2. The highest BCUT2D eigenvalue weighted by molar-refractivity contribution is 7.99. The van der Waals surface area contributed by atoms with E-state index in [2.05, 4.69) is 21.8 Å². The maximum atomic E-state index is 5.35. The van der Waals surface area contributed by atoms with Gasteiger partial charge in [-0.1, -0.05) is 23.9 Å². The molecule has 0 saturated heterocycles. The summed E-state index contributed by atoms with van der Waals surface area (Å²) in [5.74, 6) is 0.797. The van der Waals surface area contributed by atoms with Crippen LogP contribution in [-0.2, 0) is 0 Å². The van der Waals surface area contributed by atoms with E-state index in [1.54, 1.807) is 11.8 Å². The second kappa shape index (κ2) is 4.15. The van der Waals surface area contributed by atoms with E-state index in [9.17, 15) is 0 Å². The van der Waals surface area contributed by atoms with Crippen molar-refractivity contribution >= 4 is 11.8 Å². The van der Waals surface area contributed by atoms with Crippen molar-refractivity contribution < 1.29 is 0 Å². The molecule has 60 valence electrons. The quantitative estimate of drug-likeness (QED) is 0.507. The van der Waals surface area contributed by atoms with E-state index in [0.29, 0.717) is 6.54 Å². The minimum atomic E-state index is 0.529. The van der Waals surface area contributed by atoms with E-state index in [0.717, 1.165) is 16.5 Å². The molecule has 0 fully saturated rings. The third-order valence-corrected chi connectivity index (χ3v) is 2.12. The summed E-state index contributed by atoms with van der Waals surface area (Å²) in [4.78, 5) is 3.94. The lowest BCUT2D eigenvalue weighted by Crippen LogP contribution is -2.03. The molecule has 1 rings (SSSR count). The molecule has 11 heavy (non-hydrogen) atoms. The molecular weight excluding hydrogens is 160 g/mol. The Labute approximate surface area is 69.3 Å². The average molecular weight is 170 g/mol. The Balaban J connectivity index is 2.29. The molecule has 4 nitrogen and oxygen atoms in total. The number of nitrogens with zero attached hydrogens (tertiary/aromatic N) is 2. The molecule has 1 heterocycles. The van der Waals surface area contributed by atoms with Gasteiger partial charge in [-0.15, -0.1) is 0 Å². The molecule has 0 aliphatic heterocycles. The third kappa shape index (κ3) is 2.73. The van der Waals surface area contributed by atoms with Crippen LogP contribution in [0, 0.1) is 0 Å². The van der Waals surface area contributed by atoms with E-state index in [1.807, 2.05) is 0 Å². The molecule has 1 aromatic heterocycles. The average Bonchev–Trinajstić information content (AvgIpc) is 2.52. The molecule has 0 bridgehead atoms. The van der Waals surface area contributed by atoms with Crippen molar-refractivity contribution in [1.82, 2.24) is 15.2 Å². The lowest BCUT2D eigenvalue weighted by atomic mass is 10.4. The number of hydrogen-bond acceptors (Lipinski definition) is 4. The first-order valence-corrected chi connectivity index (χ1v) is 4.16. The maximum absolute atomic E-state index is 5.35. The largest absolute Gasteiger partial charge is 0.327 e. The molecule has 0 amide bonds. The molecule has 0 radical (unpaired) electrons. The number of nitrogens with one attached hydrogen (secondary N) is 1. The fourth-order valence-electron chi connectivity index (χ4n) is 0.493. The number of aromatic amines is 1. The van der Waals surface area contributed by atoms with Gasteiger partial charge >= 0.3 is 0 Å². The van der Waals surface area contributed by atoms with Gasteiger partial charge in [-0.25, -0.2) is 4.98 Å². The topological polar surface area (TPSA) is 67.6 Å². The van der Waals surface area contributed by atoms with Crippen molar-refractivity contribution in [1.29, 1.82) is 0 Å². The van der Waals surface area contributed by atoms with Crippen LogP contribution in [0.4, 0.5) is 0 Å². The fraction of sp³-hybridized carbons (Fsp3) is 0.333. The van der Waals surface area contributed by atoms with Crippen LogP contribution in [-0.4, -0.2) is 27.5 Å². The lowest BCUT2D eigenvalue weighted by Gasteiger charge is -1.97. The van der Waals surface area contributed by atoms with Crippen molar-refractivity contribution in [2.45, 2.75) is 5.16 Å². The Morgan fingerprint density at radius 1 is 1.82 bits per heavy atom. The summed E-state index contributed by atoms with van der Waals surface area (Å²) in [5.41, 5.74) is 6.36. The molecule has 5 heteroatoms. The van der Waals surface area contributed by atoms with Crippen LogP contribution in [0.3, 0.4) is 0 Å². The van der Waals surface area contributed by atoms with Crippen molar-refractivity contribution in [3.8, 4) is 0 Å². The van der Waals surface area contributed by atoms with Gasteiger partial charge in [-0.05, 0) is 0 Å². The lowest BCUT2D eigenvalue weighted by molar-refractivity contribution is 0.973. The summed E-state index contributed by atoms with van der Waals surface area (Å²) in [6.07, 6.45) is 1.48. The highest BCUT2D eigenvalue weighted by Gasteiger charge is 1.96. The summed E-state index contributed by atoms with van der Waals surface area (Å²) in [6, 6.07) is 0. The molecule has 0 saturated carbocycles. The number of aromatic nitrogens is 3. The third-order valence-electron chi connectivity index (χ3n) is 1.09. The highest BCUT2D eigenvalue weighted by atomic mass is 32.2. The van der Waals surface area contributed by atoms with Gasteiger partial charge < -0.3 is 5.73 Å². The molecular formula is C6H10N4S. The first-order chi connectivity index (χ1) is 5.33. The molecule has 0 aliphatic rings. The van der Waals surface area contributed by atoms with Crippen LogP contribution in [0.5, 0.6) is 0 Å². The molecule has 0 spiro atoms. The Hall–Kier alpha value is -0.810. The number of thioether (sulfide) groups is 1. The molecule has 0 atom stereocenters. The predicted molar refractivity (Wildman–Crippen MR) is 45.3 cm³/mol. The monoisotopic (exact) mass is 170 g/mol. The summed E-state index contributed by atoms with van der Waals surface area (Å²) in [7, 11) is 0. The summed E-state index contributed by atoms with van der Waals surface area (Å²) >= 11 is 1.55. The first kappa shape index (κ1) is 8.29. The van der Waals surface area contributed by atoms with Crippen LogP contribution in [0.1, 0.15) is 0 Å². The van der Waals surface area contributed by atoms with Crippen LogP contribution in [0.25, 0.3) is 0 Å². The van der Waals surface area contributed by atoms with Gasteiger partial charge in [0.1, 0.15) is 6.33 Å². The zero-order valence-corrected chi connectivity index (χ0v) is 6.90. The molecule has 0 aliphatic carbocycles. The second-order valence-corrected chi connectivity index (χ2v) is 3.00. The number of rotatable bonds is 4. The second-order valence-electron chi connectivity index (χ2n) is 2.03. The van der Waals surface area contributed by atoms with Gasteiger partial charge in [0, 0.05) is 12.3 Å². The predicted octanol–water partition coefficient (Wildman–Crippen LogP) is 0.412. The minimum absolute atomic E-state index is 0.529. The Kier molecular flexibility index (Phi) is 3.13. The Morgan fingerprint density at radius 3 is 3.18 bits per heavy atom. The molecule has 0 aromatic carbocycles. The first-order valence-electron chi connectivity index (χ1n) is 3.18. The van der Waals surface area contributed by atoms with Crippen molar-refractivity contribution in [2.75, 3.05) is 12.3 Å². The van der Waals surface area contributed by atoms with E-state index >= 15 is 0 Å². The highest BCUT2D eigenvalue weighted by Crippen LogP contribution is 2.12. The van der Waals surface area contributed by atoms with Crippen molar-refractivity contribution in [3.63, 3.8) is 0 Å². The number of H-pyrrole nitrogens is 1. The summed E-state index contributed by atoms with van der Waals surface area (Å²) in [5, 5.41) is 7.25. The van der Waals surface area contributed by atoms with Crippen LogP contribution >= 0.6 is 11.8 Å². The van der Waals surface area contributed by atoms with Crippen molar-refractivity contribution in [3.05, 3.63) is 18.5 Å². The molecule has 0 unspecified atom stereocenters. The molecule has 3 N–H and O–H groups in total. The fourth-order valence-corrected chi connectivity index (χ4v) is 1.19. The van der Waals surface area contributed by atoms with E-state index in [-0.39, 0.29) is 0 Å². The zero-order chi connectivity index (χ0) is 8.10. The minimum Gasteiger partial charge on any atom is -0.327 e. The van der Waals surface area contributed by atoms with Gasteiger partial charge in [0.05, 0.1) is 0 Å². The van der Waals surface area contributed by atoms with Gasteiger partial charge in [0.15, 0.2) is 5.16 Å². The standard InChI is InChI=1S/C6H10N4S/c1-5(2-7)3-11-6-8-4-9-10-6/h4H,1-3,7H2,(H,8,9,10). The van der Waals surface area contributed by atoms with Crippen LogP contribution in [0.15, 0.2) is 23.6 Å². The summed E-state index contributed by atoms with van der Waals surface area (Å²) < 4.78 is 0. The molecule has 1 aromatic rings. The van der Waals surface area contributed by atoms with E-state index in [4.69, 9.17) is 5.73 Å². The SMILES string of the molecule is C=C(CN)CSc1ncn[nH]1. The zero-order valence-electron chi connectivity index (χ0n) is 6.08. The van der Waals surface area contributed by atoms with Gasteiger partial charge in [-0.3, -0.25) is 5.10 Å². The van der Waals surface area contributed by atoms with Gasteiger partial charge in [-0.2, -0.15) is 5.10 Å². The Bertz CT molecular complexity index is 218. The normalized spacial score (nSPS) is 9.91. The number of nitrogens with two attached hydrogens (primary N) is 1. The van der Waals surface area contributed by atoms with Crippen molar-refractivity contribution in [2.24, 2.45) is 5.73 Å². The van der Waals surface area contributed by atoms with Gasteiger partial charge in [0.25, 0.3) is 0 Å². The summed E-state index contributed by atoms with van der Waals surface area (Å²) in [6.45, 7) is 4.29. The van der Waals surface area contributed by atoms with Crippen LogP contribution < -0.4 is 5.73 Å².